The summed E-state index contributed by atoms with van der Waals surface area (Å²) in [6, 6.07) is 8.22. The van der Waals surface area contributed by atoms with Crippen LogP contribution in [0.25, 0.3) is 16.6 Å². The Labute approximate surface area is 142 Å². The van der Waals surface area contributed by atoms with Crippen LogP contribution in [0.4, 0.5) is 0 Å². The summed E-state index contributed by atoms with van der Waals surface area (Å²) in [7, 11) is 0. The lowest BCUT2D eigenvalue weighted by Crippen LogP contribution is -3.27. The van der Waals surface area contributed by atoms with Crippen molar-refractivity contribution in [3.63, 3.8) is 0 Å². The fourth-order valence-corrected chi connectivity index (χ4v) is 3.77. The second-order valence-corrected chi connectivity index (χ2v) is 6.70. The molecule has 0 spiro atoms. The zero-order chi connectivity index (χ0) is 16.5. The molecule has 0 bridgehead atoms. The first-order valence-electron chi connectivity index (χ1n) is 9.09. The van der Waals surface area contributed by atoms with Crippen LogP contribution in [0, 0.1) is 0 Å². The second kappa shape index (κ2) is 6.45. The van der Waals surface area contributed by atoms with Gasteiger partial charge in [0.1, 0.15) is 38.5 Å². The highest BCUT2D eigenvalue weighted by Crippen LogP contribution is 2.19. The van der Waals surface area contributed by atoms with Gasteiger partial charge in [0.05, 0.1) is 12.1 Å². The molecule has 2 aromatic heterocycles. The van der Waals surface area contributed by atoms with E-state index in [1.54, 1.807) is 9.80 Å². The van der Waals surface area contributed by atoms with E-state index >= 15 is 0 Å². The van der Waals surface area contributed by atoms with Gasteiger partial charge in [-0.15, -0.1) is 10.2 Å². The Bertz CT molecular complexity index is 847. The van der Waals surface area contributed by atoms with Gasteiger partial charge in [0, 0.05) is 11.8 Å². The maximum Gasteiger partial charge on any atom is 0.194 e. The Morgan fingerprint density at radius 1 is 0.958 bits per heavy atom. The summed E-state index contributed by atoms with van der Waals surface area (Å²) < 4.78 is 2.19. The molecule has 1 fully saturated rings. The van der Waals surface area contributed by atoms with Crippen molar-refractivity contribution in [2.75, 3.05) is 32.7 Å². The Morgan fingerprint density at radius 2 is 1.71 bits per heavy atom. The van der Waals surface area contributed by atoms with Gasteiger partial charge in [-0.25, -0.2) is 4.98 Å². The third-order valence-corrected chi connectivity index (χ3v) is 5.27. The standard InChI is InChI=1S/C18H24N6/c1-3-16-19-15-8-6-5-7-14(15)18-21-20-17(24(16)18)13-23-11-9-22(4-2)10-12-23/h5-8H,3-4,9-13H2,1-2H3/p+2. The molecule has 1 saturated heterocycles. The largest absolute Gasteiger partial charge is 0.326 e. The molecule has 126 valence electrons. The quantitative estimate of drug-likeness (QED) is 0.656. The van der Waals surface area contributed by atoms with Crippen molar-refractivity contribution in [1.29, 1.82) is 0 Å². The Hall–Kier alpha value is -2.05. The Kier molecular flexibility index (Phi) is 4.16. The summed E-state index contributed by atoms with van der Waals surface area (Å²) in [5, 5.41) is 10.1. The first kappa shape index (κ1) is 15.5. The highest BCUT2D eigenvalue weighted by Gasteiger charge is 2.24. The van der Waals surface area contributed by atoms with Crippen molar-refractivity contribution in [2.45, 2.75) is 26.8 Å². The molecule has 4 rings (SSSR count). The van der Waals surface area contributed by atoms with E-state index in [0.29, 0.717) is 0 Å². The molecule has 6 heteroatoms. The summed E-state index contributed by atoms with van der Waals surface area (Å²) in [4.78, 5) is 8.17. The third kappa shape index (κ3) is 2.65. The van der Waals surface area contributed by atoms with Crippen LogP contribution in [-0.2, 0) is 13.0 Å². The number of benzene rings is 1. The minimum atomic E-state index is 0.884. The highest BCUT2D eigenvalue weighted by atomic mass is 15.3. The molecular weight excluding hydrogens is 300 g/mol. The van der Waals surface area contributed by atoms with E-state index in [4.69, 9.17) is 4.98 Å². The van der Waals surface area contributed by atoms with Crippen LogP contribution in [0.2, 0.25) is 0 Å². The third-order valence-electron chi connectivity index (χ3n) is 5.27. The van der Waals surface area contributed by atoms with Gasteiger partial charge < -0.3 is 9.80 Å². The maximum atomic E-state index is 4.84. The topological polar surface area (TPSA) is 52.0 Å². The second-order valence-electron chi connectivity index (χ2n) is 6.70. The zero-order valence-electron chi connectivity index (χ0n) is 14.5. The van der Waals surface area contributed by atoms with E-state index in [0.717, 1.165) is 41.2 Å². The van der Waals surface area contributed by atoms with Crippen LogP contribution in [0.1, 0.15) is 25.5 Å². The van der Waals surface area contributed by atoms with E-state index in [9.17, 15) is 0 Å². The minimum Gasteiger partial charge on any atom is -0.326 e. The molecule has 24 heavy (non-hydrogen) atoms. The van der Waals surface area contributed by atoms with Gasteiger partial charge in [-0.3, -0.25) is 4.40 Å². The maximum absolute atomic E-state index is 4.84. The number of quaternary nitrogens is 2. The Balaban J connectivity index is 1.70. The molecule has 3 aromatic rings. The molecule has 1 aromatic carbocycles. The molecule has 2 N–H and O–H groups in total. The van der Waals surface area contributed by atoms with E-state index < -0.39 is 0 Å². The van der Waals surface area contributed by atoms with Crippen LogP contribution in [0.3, 0.4) is 0 Å². The summed E-state index contributed by atoms with van der Waals surface area (Å²) in [5.74, 6) is 2.11. The van der Waals surface area contributed by atoms with E-state index in [1.807, 2.05) is 12.1 Å². The number of aryl methyl sites for hydroxylation is 1. The normalized spacial score (nSPS) is 21.6. The molecule has 3 heterocycles. The van der Waals surface area contributed by atoms with Crippen molar-refractivity contribution in [1.82, 2.24) is 19.6 Å². The van der Waals surface area contributed by atoms with E-state index in [-0.39, 0.29) is 0 Å². The predicted molar refractivity (Wildman–Crippen MR) is 93.3 cm³/mol. The zero-order valence-corrected chi connectivity index (χ0v) is 14.5. The number of hydrogen-bond donors (Lipinski definition) is 2. The SMILES string of the molecule is CCc1nc2ccccc2c2nnc(C[NH+]3CC[NH+](CC)CC3)n12. The summed E-state index contributed by atoms with van der Waals surface area (Å²) in [6.45, 7) is 11.5. The average molecular weight is 326 g/mol. The molecule has 0 amide bonds. The van der Waals surface area contributed by atoms with Crippen LogP contribution in [-0.4, -0.2) is 52.3 Å². The van der Waals surface area contributed by atoms with Crippen molar-refractivity contribution in [3.05, 3.63) is 35.9 Å². The smallest absolute Gasteiger partial charge is 0.194 e. The molecule has 0 radical (unpaired) electrons. The molecule has 1 aliphatic rings. The highest BCUT2D eigenvalue weighted by molar-refractivity contribution is 5.91. The van der Waals surface area contributed by atoms with Gasteiger partial charge in [-0.2, -0.15) is 0 Å². The molecule has 0 atom stereocenters. The molecular formula is C18H26N6+2. The van der Waals surface area contributed by atoms with Gasteiger partial charge in [0.2, 0.25) is 0 Å². The van der Waals surface area contributed by atoms with Crippen LogP contribution in [0.15, 0.2) is 24.3 Å². The van der Waals surface area contributed by atoms with Crippen molar-refractivity contribution in [2.24, 2.45) is 0 Å². The van der Waals surface area contributed by atoms with Crippen molar-refractivity contribution in [3.8, 4) is 0 Å². The molecule has 1 aliphatic heterocycles. The average Bonchev–Trinajstić information content (AvgIpc) is 3.06. The first-order chi connectivity index (χ1) is 11.8. The van der Waals surface area contributed by atoms with Crippen molar-refractivity contribution < 1.29 is 9.80 Å². The number of piperazine rings is 1. The van der Waals surface area contributed by atoms with Gasteiger partial charge in [0.25, 0.3) is 0 Å². The number of fused-ring (bicyclic) bond motifs is 3. The minimum absolute atomic E-state index is 0.884. The lowest BCUT2D eigenvalue weighted by atomic mass is 10.2. The molecule has 6 nitrogen and oxygen atoms in total. The summed E-state index contributed by atoms with van der Waals surface area (Å²) >= 11 is 0. The summed E-state index contributed by atoms with van der Waals surface area (Å²) in [5.41, 5.74) is 1.96. The lowest BCUT2D eigenvalue weighted by molar-refractivity contribution is -1.02. The van der Waals surface area contributed by atoms with Gasteiger partial charge in [-0.1, -0.05) is 19.1 Å². The van der Waals surface area contributed by atoms with Crippen LogP contribution in [0.5, 0.6) is 0 Å². The fraction of sp³-hybridized carbons (Fsp3) is 0.500. The van der Waals surface area contributed by atoms with Crippen LogP contribution >= 0.6 is 0 Å². The molecule has 0 aliphatic carbocycles. The molecule has 0 saturated carbocycles. The van der Waals surface area contributed by atoms with Gasteiger partial charge in [-0.05, 0) is 19.1 Å². The first-order valence-corrected chi connectivity index (χ1v) is 9.09. The number of aromatic nitrogens is 4. The van der Waals surface area contributed by atoms with Gasteiger partial charge >= 0.3 is 0 Å². The monoisotopic (exact) mass is 326 g/mol. The predicted octanol–water partition coefficient (Wildman–Crippen LogP) is -0.857. The fourth-order valence-electron chi connectivity index (χ4n) is 3.77. The molecule has 0 unspecified atom stereocenters. The van der Waals surface area contributed by atoms with Gasteiger partial charge in [0.15, 0.2) is 11.5 Å². The number of para-hydroxylation sites is 1. The number of likely N-dealkylation sites (N-methyl/N-ethyl adjacent to an activating group) is 1. The summed E-state index contributed by atoms with van der Waals surface area (Å²) in [6.07, 6.45) is 0.884. The number of hydrogen-bond acceptors (Lipinski definition) is 3. The number of nitrogens with one attached hydrogen (secondary N) is 2. The van der Waals surface area contributed by atoms with Crippen LogP contribution < -0.4 is 9.80 Å². The van der Waals surface area contributed by atoms with Crippen molar-refractivity contribution >= 4 is 16.6 Å². The van der Waals surface area contributed by atoms with E-state index in [2.05, 4.69) is 40.6 Å². The number of nitrogens with zero attached hydrogens (tertiary/aromatic N) is 4. The van der Waals surface area contributed by atoms with E-state index in [1.165, 1.54) is 32.7 Å². The number of rotatable bonds is 4. The lowest BCUT2D eigenvalue weighted by Gasteiger charge is -2.28. The Morgan fingerprint density at radius 3 is 2.46 bits per heavy atom.